The summed E-state index contributed by atoms with van der Waals surface area (Å²) in [5.41, 5.74) is 4.98. The average molecular weight is 395 g/mol. The van der Waals surface area contributed by atoms with Crippen LogP contribution in [0.4, 0.5) is 17.5 Å². The van der Waals surface area contributed by atoms with E-state index < -0.39 is 0 Å². The molecule has 0 aliphatic carbocycles. The standard InChI is InChI=1S/C20H19BrN4/c1-14-12-17(6-7-18(14)21)23-20-22-10-8-19(24-20)25-11-9-15-4-2-3-5-16(15)13-25/h2-8,10,12H,9,11,13H2,1H3,(H,22,23,24). The van der Waals surface area contributed by atoms with Gasteiger partial charge in [0.2, 0.25) is 5.95 Å². The zero-order valence-electron chi connectivity index (χ0n) is 14.0. The summed E-state index contributed by atoms with van der Waals surface area (Å²) in [6.07, 6.45) is 2.87. The SMILES string of the molecule is Cc1cc(Nc2nccc(N3CCc4ccccc4C3)n2)ccc1Br. The molecule has 1 aliphatic rings. The molecule has 1 aliphatic heterocycles. The fraction of sp³-hybridized carbons (Fsp3) is 0.200. The molecule has 4 nitrogen and oxygen atoms in total. The lowest BCUT2D eigenvalue weighted by Crippen LogP contribution is -2.31. The van der Waals surface area contributed by atoms with E-state index in [-0.39, 0.29) is 0 Å². The quantitative estimate of drug-likeness (QED) is 0.688. The van der Waals surface area contributed by atoms with Gasteiger partial charge in [0.25, 0.3) is 0 Å². The van der Waals surface area contributed by atoms with E-state index in [0.29, 0.717) is 5.95 Å². The van der Waals surface area contributed by atoms with Crippen LogP contribution in [0.1, 0.15) is 16.7 Å². The summed E-state index contributed by atoms with van der Waals surface area (Å²) < 4.78 is 1.10. The Labute approximate surface area is 156 Å². The minimum atomic E-state index is 0.623. The molecule has 126 valence electrons. The van der Waals surface area contributed by atoms with Gasteiger partial charge in [-0.3, -0.25) is 0 Å². The van der Waals surface area contributed by atoms with Crippen molar-refractivity contribution in [2.45, 2.75) is 19.9 Å². The Morgan fingerprint density at radius 3 is 2.76 bits per heavy atom. The van der Waals surface area contributed by atoms with Crippen LogP contribution in [-0.4, -0.2) is 16.5 Å². The second-order valence-electron chi connectivity index (χ2n) is 6.27. The summed E-state index contributed by atoms with van der Waals surface area (Å²) in [6, 6.07) is 16.7. The number of fused-ring (bicyclic) bond motifs is 1. The lowest BCUT2D eigenvalue weighted by molar-refractivity contribution is 0.720. The van der Waals surface area contributed by atoms with Crippen LogP contribution in [-0.2, 0) is 13.0 Å². The van der Waals surface area contributed by atoms with Crippen molar-refractivity contribution >= 4 is 33.4 Å². The summed E-state index contributed by atoms with van der Waals surface area (Å²) in [5.74, 6) is 1.58. The normalized spacial score (nSPS) is 13.4. The predicted molar refractivity (Wildman–Crippen MR) is 105 cm³/mol. The van der Waals surface area contributed by atoms with Crippen molar-refractivity contribution in [1.82, 2.24) is 9.97 Å². The van der Waals surface area contributed by atoms with Crippen LogP contribution >= 0.6 is 15.9 Å². The van der Waals surface area contributed by atoms with Gasteiger partial charge in [-0.1, -0.05) is 40.2 Å². The zero-order valence-corrected chi connectivity index (χ0v) is 15.6. The third-order valence-electron chi connectivity index (χ3n) is 4.51. The lowest BCUT2D eigenvalue weighted by atomic mass is 10.00. The summed E-state index contributed by atoms with van der Waals surface area (Å²) >= 11 is 3.53. The van der Waals surface area contributed by atoms with Crippen molar-refractivity contribution in [3.05, 3.63) is 75.9 Å². The number of hydrogen-bond acceptors (Lipinski definition) is 4. The number of aryl methyl sites for hydroxylation is 1. The Morgan fingerprint density at radius 2 is 1.92 bits per heavy atom. The van der Waals surface area contributed by atoms with Gasteiger partial charge in [0, 0.05) is 29.4 Å². The first-order chi connectivity index (χ1) is 12.2. The third-order valence-corrected chi connectivity index (χ3v) is 5.40. The Morgan fingerprint density at radius 1 is 1.08 bits per heavy atom. The average Bonchev–Trinajstić information content (AvgIpc) is 2.65. The number of anilines is 3. The Kier molecular flexibility index (Phi) is 4.40. The van der Waals surface area contributed by atoms with Crippen LogP contribution in [0.3, 0.4) is 0 Å². The highest BCUT2D eigenvalue weighted by Crippen LogP contribution is 2.25. The van der Waals surface area contributed by atoms with Gasteiger partial charge in [0.05, 0.1) is 0 Å². The molecule has 0 saturated carbocycles. The van der Waals surface area contributed by atoms with Gasteiger partial charge >= 0.3 is 0 Å². The molecule has 0 bridgehead atoms. The fourth-order valence-corrected chi connectivity index (χ4v) is 3.37. The number of nitrogens with one attached hydrogen (secondary N) is 1. The molecule has 0 spiro atoms. The van der Waals surface area contributed by atoms with E-state index in [1.54, 1.807) is 0 Å². The number of aromatic nitrogens is 2. The van der Waals surface area contributed by atoms with Crippen molar-refractivity contribution in [3.63, 3.8) is 0 Å². The Hall–Kier alpha value is -2.40. The lowest BCUT2D eigenvalue weighted by Gasteiger charge is -2.29. The van der Waals surface area contributed by atoms with Crippen LogP contribution < -0.4 is 10.2 Å². The summed E-state index contributed by atoms with van der Waals surface area (Å²) in [5, 5.41) is 3.30. The van der Waals surface area contributed by atoms with Crippen molar-refractivity contribution in [1.29, 1.82) is 0 Å². The second kappa shape index (κ2) is 6.84. The smallest absolute Gasteiger partial charge is 0.229 e. The molecular formula is C20H19BrN4. The maximum Gasteiger partial charge on any atom is 0.229 e. The Bertz CT molecular complexity index is 910. The second-order valence-corrected chi connectivity index (χ2v) is 7.12. The van der Waals surface area contributed by atoms with Crippen LogP contribution in [0.15, 0.2) is 59.2 Å². The van der Waals surface area contributed by atoms with E-state index in [1.807, 2.05) is 24.4 Å². The highest BCUT2D eigenvalue weighted by Gasteiger charge is 2.17. The van der Waals surface area contributed by atoms with Gasteiger partial charge in [-0.15, -0.1) is 0 Å². The van der Waals surface area contributed by atoms with E-state index in [9.17, 15) is 0 Å². The molecule has 0 unspecified atom stereocenters. The first-order valence-electron chi connectivity index (χ1n) is 8.37. The molecule has 0 amide bonds. The van der Waals surface area contributed by atoms with E-state index >= 15 is 0 Å². The minimum absolute atomic E-state index is 0.623. The molecule has 0 saturated heterocycles. The van der Waals surface area contributed by atoms with Gasteiger partial charge in [-0.05, 0) is 54.3 Å². The predicted octanol–water partition coefficient (Wildman–Crippen LogP) is 4.85. The molecule has 25 heavy (non-hydrogen) atoms. The number of hydrogen-bond donors (Lipinski definition) is 1. The number of rotatable bonds is 3. The minimum Gasteiger partial charge on any atom is -0.352 e. The molecule has 1 N–H and O–H groups in total. The molecule has 1 aromatic heterocycles. The van der Waals surface area contributed by atoms with Crippen molar-refractivity contribution < 1.29 is 0 Å². The first kappa shape index (κ1) is 16.1. The van der Waals surface area contributed by atoms with Crippen LogP contribution in [0, 0.1) is 6.92 Å². The summed E-state index contributed by atoms with van der Waals surface area (Å²) in [4.78, 5) is 11.4. The van der Waals surface area contributed by atoms with E-state index in [1.165, 1.54) is 16.7 Å². The van der Waals surface area contributed by atoms with Crippen molar-refractivity contribution in [2.75, 3.05) is 16.8 Å². The summed E-state index contributed by atoms with van der Waals surface area (Å²) in [6.45, 7) is 3.94. The molecule has 2 heterocycles. The largest absolute Gasteiger partial charge is 0.352 e. The van der Waals surface area contributed by atoms with E-state index in [0.717, 1.165) is 35.5 Å². The maximum absolute atomic E-state index is 4.71. The first-order valence-corrected chi connectivity index (χ1v) is 9.16. The molecule has 0 atom stereocenters. The fourth-order valence-electron chi connectivity index (χ4n) is 3.13. The van der Waals surface area contributed by atoms with Gasteiger partial charge in [-0.2, -0.15) is 4.98 Å². The van der Waals surface area contributed by atoms with Crippen molar-refractivity contribution in [3.8, 4) is 0 Å². The highest BCUT2D eigenvalue weighted by atomic mass is 79.9. The van der Waals surface area contributed by atoms with Gasteiger partial charge < -0.3 is 10.2 Å². The molecule has 3 aromatic rings. The maximum atomic E-state index is 4.71. The highest BCUT2D eigenvalue weighted by molar-refractivity contribution is 9.10. The topological polar surface area (TPSA) is 41.1 Å². The van der Waals surface area contributed by atoms with Crippen LogP contribution in [0.5, 0.6) is 0 Å². The monoisotopic (exact) mass is 394 g/mol. The molecule has 0 radical (unpaired) electrons. The van der Waals surface area contributed by atoms with E-state index in [4.69, 9.17) is 4.98 Å². The van der Waals surface area contributed by atoms with Crippen LogP contribution in [0.25, 0.3) is 0 Å². The third kappa shape index (κ3) is 3.51. The Balaban J connectivity index is 1.55. The molecule has 4 rings (SSSR count). The number of benzene rings is 2. The molecule has 2 aromatic carbocycles. The number of halogens is 1. The zero-order chi connectivity index (χ0) is 17.2. The summed E-state index contributed by atoms with van der Waals surface area (Å²) in [7, 11) is 0. The van der Waals surface area contributed by atoms with Crippen molar-refractivity contribution in [2.24, 2.45) is 0 Å². The molecule has 5 heteroatoms. The van der Waals surface area contributed by atoms with Gasteiger partial charge in [-0.25, -0.2) is 4.98 Å². The number of nitrogens with zero attached hydrogens (tertiary/aromatic N) is 3. The van der Waals surface area contributed by atoms with Gasteiger partial charge in [0.1, 0.15) is 5.82 Å². The molecular weight excluding hydrogens is 376 g/mol. The molecule has 0 fully saturated rings. The van der Waals surface area contributed by atoms with E-state index in [2.05, 4.69) is 68.4 Å². The van der Waals surface area contributed by atoms with Gasteiger partial charge in [0.15, 0.2) is 0 Å². The van der Waals surface area contributed by atoms with Crippen LogP contribution in [0.2, 0.25) is 0 Å².